The van der Waals surface area contributed by atoms with Crippen molar-refractivity contribution in [2.24, 2.45) is 11.5 Å². The smallest absolute Gasteiger partial charge is 0.245 e. The van der Waals surface area contributed by atoms with Gasteiger partial charge >= 0.3 is 0 Å². The Hall–Kier alpha value is -6.01. The van der Waals surface area contributed by atoms with Crippen LogP contribution in [-0.2, 0) is 52.8 Å². The number of amides is 7. The number of hydrogen-bond acceptors (Lipinski definition) is 14. The monoisotopic (exact) mass is 1050 g/mol. The van der Waals surface area contributed by atoms with Gasteiger partial charge in [-0.2, -0.15) is 0 Å². The summed E-state index contributed by atoms with van der Waals surface area (Å²) in [5.41, 5.74) is 15.1. The van der Waals surface area contributed by atoms with Gasteiger partial charge in [0.2, 0.25) is 41.4 Å². The van der Waals surface area contributed by atoms with E-state index in [9.17, 15) is 48.9 Å². The average molecular weight is 1050 g/mol. The van der Waals surface area contributed by atoms with Crippen molar-refractivity contribution in [3.05, 3.63) is 108 Å². The van der Waals surface area contributed by atoms with Gasteiger partial charge in [-0.25, -0.2) is 0 Å². The third-order valence-electron chi connectivity index (χ3n) is 12.4. The molecule has 396 valence electrons. The van der Waals surface area contributed by atoms with Gasteiger partial charge < -0.3 is 69.0 Å². The number of aromatic nitrogens is 1. The second-order valence-corrected chi connectivity index (χ2v) is 20.8. The zero-order valence-corrected chi connectivity index (χ0v) is 42.7. The molecule has 7 amide bonds. The third kappa shape index (κ3) is 18.2. The average Bonchev–Trinajstić information content (AvgIpc) is 3.78. The Morgan fingerprint density at radius 1 is 0.712 bits per heavy atom. The van der Waals surface area contributed by atoms with Crippen molar-refractivity contribution in [1.29, 1.82) is 0 Å². The topological polar surface area (TPSA) is 332 Å². The summed E-state index contributed by atoms with van der Waals surface area (Å²) >= 11 is 0. The van der Waals surface area contributed by atoms with Crippen molar-refractivity contribution in [3.63, 3.8) is 0 Å². The van der Waals surface area contributed by atoms with E-state index >= 15 is 0 Å². The molecule has 10 atom stereocenters. The molecule has 3 aromatic carbocycles. The molecule has 22 heteroatoms. The quantitative estimate of drug-likeness (QED) is 0.0489. The van der Waals surface area contributed by atoms with E-state index in [1.165, 1.54) is 35.4 Å². The molecular weight excluding hydrogens is 977 g/mol. The molecule has 0 spiro atoms. The molecule has 15 N–H and O–H groups in total. The fourth-order valence-corrected chi connectivity index (χ4v) is 10.3. The SMILES string of the molecule is C[C@@H](O)C(CO)NC(=O)[C@@H]1CCSSCC[C@H](NC(=O)[C@H](N)Cc2ccccc2)C(=O)N[C@@H](Cc2ccccc2)C(=O)N[C@H](Cc2c[nH]c3ccccc23)C(=O)N[C@@H](CCCCN)C(=O)NC([C@@H](C)O)C(=O)N1. The van der Waals surface area contributed by atoms with Gasteiger partial charge in [-0.05, 0) is 81.7 Å². The van der Waals surface area contributed by atoms with Crippen LogP contribution in [0.2, 0.25) is 0 Å². The Morgan fingerprint density at radius 2 is 1.30 bits per heavy atom. The fourth-order valence-electron chi connectivity index (χ4n) is 8.12. The first-order valence-electron chi connectivity index (χ1n) is 24.5. The molecule has 20 nitrogen and oxygen atoms in total. The van der Waals surface area contributed by atoms with Crippen molar-refractivity contribution in [2.45, 2.75) is 126 Å². The molecule has 4 aromatic rings. The Morgan fingerprint density at radius 3 is 1.95 bits per heavy atom. The molecule has 2 unspecified atom stereocenters. The summed E-state index contributed by atoms with van der Waals surface area (Å²) in [6.45, 7) is 2.31. The molecule has 0 bridgehead atoms. The van der Waals surface area contributed by atoms with Crippen LogP contribution in [0.5, 0.6) is 0 Å². The molecule has 1 saturated heterocycles. The van der Waals surface area contributed by atoms with Crippen LogP contribution in [0.25, 0.3) is 10.9 Å². The van der Waals surface area contributed by atoms with Gasteiger partial charge in [-0.15, -0.1) is 0 Å². The van der Waals surface area contributed by atoms with E-state index in [1.54, 1.807) is 36.5 Å². The standard InChI is InChI=1S/C51H70N10O10S2/c1-30(63)43(29-62)60-47(67)40-21-24-73-72-23-20-39(55-45(65)36(53)25-32-13-5-3-6-14-32)46(66)58-41(26-33-15-7-4-8-16-33)49(69)59-42(27-34-28-54-37-18-10-9-17-35(34)37)50(70)56-38(19-11-12-22-52)48(68)61-44(31(2)64)51(71)57-40/h3-10,13-18,28,30-31,36,38-44,54,62-64H,11-12,19-27,29,52-53H2,1-2H3,(H,55,65)(H,56,70)(H,57,71)(H,58,66)(H,59,69)(H,60,67)(H,61,68)/t30-,31-,36-,38+,39+,40+,41+,42-,43?,44?/m1/s1. The number of fused-ring (bicyclic) bond motifs is 1. The number of para-hydroxylation sites is 1. The van der Waals surface area contributed by atoms with E-state index in [2.05, 4.69) is 42.2 Å². The summed E-state index contributed by atoms with van der Waals surface area (Å²) in [7, 11) is 2.61. The lowest BCUT2D eigenvalue weighted by Crippen LogP contribution is -2.62. The van der Waals surface area contributed by atoms with E-state index in [4.69, 9.17) is 11.5 Å². The van der Waals surface area contributed by atoms with Gasteiger partial charge in [0.1, 0.15) is 36.3 Å². The molecule has 1 aliphatic heterocycles. The van der Waals surface area contributed by atoms with Crippen LogP contribution in [0.3, 0.4) is 0 Å². The number of unbranched alkanes of at least 4 members (excludes halogenated alkanes) is 1. The van der Waals surface area contributed by atoms with E-state index in [1.807, 2.05) is 54.6 Å². The van der Waals surface area contributed by atoms with Crippen LogP contribution >= 0.6 is 21.6 Å². The number of H-pyrrole nitrogens is 1. The Labute approximate surface area is 432 Å². The summed E-state index contributed by atoms with van der Waals surface area (Å²) in [5.74, 6) is -4.86. The Kier molecular flexibility index (Phi) is 23.5. The normalized spacial score (nSPS) is 22.9. The molecule has 0 radical (unpaired) electrons. The van der Waals surface area contributed by atoms with Gasteiger partial charge in [0.25, 0.3) is 0 Å². The Bertz CT molecular complexity index is 2430. The predicted octanol–water partition coefficient (Wildman–Crippen LogP) is -0.0252. The van der Waals surface area contributed by atoms with E-state index in [0.717, 1.165) is 16.5 Å². The highest BCUT2D eigenvalue weighted by Gasteiger charge is 2.36. The van der Waals surface area contributed by atoms with Crippen molar-refractivity contribution >= 4 is 73.8 Å². The van der Waals surface area contributed by atoms with Crippen LogP contribution in [0.15, 0.2) is 91.1 Å². The van der Waals surface area contributed by atoms with E-state index < -0.39 is 108 Å². The van der Waals surface area contributed by atoms with Crippen LogP contribution in [-0.4, -0.2) is 147 Å². The first-order valence-corrected chi connectivity index (χ1v) is 27.0. The summed E-state index contributed by atoms with van der Waals surface area (Å²) in [5, 5.41) is 50.7. The maximum atomic E-state index is 14.7. The Balaban J connectivity index is 1.54. The number of aromatic amines is 1. The van der Waals surface area contributed by atoms with Gasteiger partial charge in [0, 0.05) is 41.4 Å². The van der Waals surface area contributed by atoms with Crippen molar-refractivity contribution in [2.75, 3.05) is 24.7 Å². The van der Waals surface area contributed by atoms with Crippen LogP contribution in [0, 0.1) is 0 Å². The number of rotatable bonds is 17. The molecule has 5 rings (SSSR count). The maximum Gasteiger partial charge on any atom is 0.245 e. The highest BCUT2D eigenvalue weighted by molar-refractivity contribution is 8.76. The summed E-state index contributed by atoms with van der Waals surface area (Å²) in [6, 6.07) is 15.2. The van der Waals surface area contributed by atoms with E-state index in [-0.39, 0.29) is 56.6 Å². The van der Waals surface area contributed by atoms with Crippen LogP contribution < -0.4 is 48.7 Å². The highest BCUT2D eigenvalue weighted by Crippen LogP contribution is 2.25. The minimum Gasteiger partial charge on any atom is -0.394 e. The van der Waals surface area contributed by atoms with E-state index in [0.29, 0.717) is 24.0 Å². The molecule has 1 aromatic heterocycles. The lowest BCUT2D eigenvalue weighted by Gasteiger charge is -2.29. The number of nitrogens with two attached hydrogens (primary N) is 2. The number of hydrogen-bond donors (Lipinski definition) is 13. The van der Waals surface area contributed by atoms with Gasteiger partial charge in [-0.1, -0.05) is 100 Å². The second-order valence-electron chi connectivity index (χ2n) is 18.1. The predicted molar refractivity (Wildman–Crippen MR) is 281 cm³/mol. The van der Waals surface area contributed by atoms with Gasteiger partial charge in [0.15, 0.2) is 0 Å². The van der Waals surface area contributed by atoms with Crippen LogP contribution in [0.1, 0.15) is 62.6 Å². The number of aliphatic hydroxyl groups is 3. The molecule has 1 fully saturated rings. The van der Waals surface area contributed by atoms with Gasteiger partial charge in [0.05, 0.1) is 30.9 Å². The third-order valence-corrected chi connectivity index (χ3v) is 14.8. The molecule has 1 aliphatic rings. The second kappa shape index (κ2) is 29.6. The van der Waals surface area contributed by atoms with Crippen LogP contribution in [0.4, 0.5) is 0 Å². The molecule has 0 saturated carbocycles. The fraction of sp³-hybridized carbons (Fsp3) is 0.471. The minimum absolute atomic E-state index is 0.00543. The lowest BCUT2D eigenvalue weighted by molar-refractivity contribution is -0.137. The number of carbonyl (C=O) groups is 7. The molecule has 0 aliphatic carbocycles. The largest absolute Gasteiger partial charge is 0.394 e. The first-order chi connectivity index (χ1) is 35.1. The number of nitrogens with one attached hydrogen (secondary N) is 8. The minimum atomic E-state index is -1.63. The lowest BCUT2D eigenvalue weighted by atomic mass is 10.0. The number of benzene rings is 3. The summed E-state index contributed by atoms with van der Waals surface area (Å²) < 4.78 is 0. The zero-order valence-electron chi connectivity index (χ0n) is 41.1. The molecule has 2 heterocycles. The zero-order chi connectivity index (χ0) is 52.9. The summed E-state index contributed by atoms with van der Waals surface area (Å²) in [4.78, 5) is 103. The number of carbonyl (C=O) groups excluding carboxylic acids is 7. The van der Waals surface area contributed by atoms with Crippen molar-refractivity contribution < 1.29 is 48.9 Å². The van der Waals surface area contributed by atoms with Crippen molar-refractivity contribution in [1.82, 2.24) is 42.2 Å². The van der Waals surface area contributed by atoms with Gasteiger partial charge in [-0.3, -0.25) is 33.6 Å². The molecule has 73 heavy (non-hydrogen) atoms. The van der Waals surface area contributed by atoms with Crippen molar-refractivity contribution in [3.8, 4) is 0 Å². The number of aliphatic hydroxyl groups excluding tert-OH is 3. The molecular formula is C51H70N10O10S2. The maximum absolute atomic E-state index is 14.7. The first kappa shape index (κ1) is 57.9. The highest BCUT2D eigenvalue weighted by atomic mass is 33.1. The summed E-state index contributed by atoms with van der Waals surface area (Å²) in [6.07, 6.45) is 0.0440.